The molecule has 0 saturated carbocycles. The molecule has 1 heterocycles. The number of rotatable bonds is 8. The lowest BCUT2D eigenvalue weighted by atomic mass is 10.2. The SMILES string of the molecule is C=CCCCCCNCc1nncn1C. The molecule has 0 bridgehead atoms. The number of hydrogen-bond donors (Lipinski definition) is 1. The smallest absolute Gasteiger partial charge is 0.146 e. The minimum absolute atomic E-state index is 0.804. The molecule has 0 aliphatic rings. The highest BCUT2D eigenvalue weighted by atomic mass is 15.3. The van der Waals surface area contributed by atoms with Crippen LogP contribution < -0.4 is 5.32 Å². The molecule has 1 N–H and O–H groups in total. The van der Waals surface area contributed by atoms with Crippen LogP contribution in [0.25, 0.3) is 0 Å². The second-order valence-electron chi connectivity index (χ2n) is 3.67. The Bertz CT molecular complexity index is 280. The average Bonchev–Trinajstić information content (AvgIpc) is 2.63. The van der Waals surface area contributed by atoms with Gasteiger partial charge in [-0.3, -0.25) is 0 Å². The summed E-state index contributed by atoms with van der Waals surface area (Å²) in [4.78, 5) is 0. The minimum Gasteiger partial charge on any atom is -0.320 e. The van der Waals surface area contributed by atoms with Crippen LogP contribution in [0.4, 0.5) is 0 Å². The van der Waals surface area contributed by atoms with Crippen LogP contribution >= 0.6 is 0 Å². The van der Waals surface area contributed by atoms with Gasteiger partial charge in [-0.25, -0.2) is 0 Å². The van der Waals surface area contributed by atoms with Gasteiger partial charge in [-0.1, -0.05) is 12.5 Å². The van der Waals surface area contributed by atoms with Crippen molar-refractivity contribution < 1.29 is 0 Å². The van der Waals surface area contributed by atoms with Gasteiger partial charge in [0, 0.05) is 7.05 Å². The fourth-order valence-electron chi connectivity index (χ4n) is 1.38. The molecule has 0 unspecified atom stereocenters. The van der Waals surface area contributed by atoms with Gasteiger partial charge < -0.3 is 9.88 Å². The third-order valence-corrected chi connectivity index (χ3v) is 2.35. The van der Waals surface area contributed by atoms with Gasteiger partial charge in [0.05, 0.1) is 6.54 Å². The maximum Gasteiger partial charge on any atom is 0.146 e. The zero-order chi connectivity index (χ0) is 10.9. The van der Waals surface area contributed by atoms with E-state index in [2.05, 4.69) is 22.1 Å². The Morgan fingerprint density at radius 1 is 1.47 bits per heavy atom. The molecule has 0 aliphatic carbocycles. The zero-order valence-electron chi connectivity index (χ0n) is 9.45. The van der Waals surface area contributed by atoms with Crippen LogP contribution in [0.2, 0.25) is 0 Å². The summed E-state index contributed by atoms with van der Waals surface area (Å²) >= 11 is 0. The van der Waals surface area contributed by atoms with Crippen molar-refractivity contribution in [2.45, 2.75) is 32.2 Å². The van der Waals surface area contributed by atoms with E-state index in [0.717, 1.165) is 25.3 Å². The summed E-state index contributed by atoms with van der Waals surface area (Å²) in [6.45, 7) is 5.55. The molecule has 1 aromatic rings. The first-order chi connectivity index (χ1) is 7.34. The van der Waals surface area contributed by atoms with Gasteiger partial charge in [0.1, 0.15) is 12.2 Å². The van der Waals surface area contributed by atoms with E-state index in [-0.39, 0.29) is 0 Å². The van der Waals surface area contributed by atoms with Crippen LogP contribution in [0.3, 0.4) is 0 Å². The molecule has 1 rings (SSSR count). The van der Waals surface area contributed by atoms with Gasteiger partial charge in [-0.05, 0) is 25.8 Å². The monoisotopic (exact) mass is 208 g/mol. The van der Waals surface area contributed by atoms with Crippen LogP contribution in [0.1, 0.15) is 31.5 Å². The van der Waals surface area contributed by atoms with Crippen LogP contribution in [0.15, 0.2) is 19.0 Å². The van der Waals surface area contributed by atoms with E-state index in [1.807, 2.05) is 17.7 Å². The van der Waals surface area contributed by atoms with Crippen LogP contribution in [0.5, 0.6) is 0 Å². The number of hydrogen-bond acceptors (Lipinski definition) is 3. The van der Waals surface area contributed by atoms with E-state index < -0.39 is 0 Å². The maximum atomic E-state index is 4.00. The predicted octanol–water partition coefficient (Wildman–Crippen LogP) is 1.65. The van der Waals surface area contributed by atoms with Gasteiger partial charge in [0.2, 0.25) is 0 Å². The molecule has 0 aromatic carbocycles. The summed E-state index contributed by atoms with van der Waals surface area (Å²) in [6.07, 6.45) is 8.55. The molecule has 84 valence electrons. The van der Waals surface area contributed by atoms with Crippen molar-refractivity contribution in [3.8, 4) is 0 Å². The highest BCUT2D eigenvalue weighted by Gasteiger charge is 1.98. The number of aryl methyl sites for hydroxylation is 1. The van der Waals surface area contributed by atoms with E-state index in [0.29, 0.717) is 0 Å². The topological polar surface area (TPSA) is 42.7 Å². The molecule has 0 atom stereocenters. The summed E-state index contributed by atoms with van der Waals surface area (Å²) < 4.78 is 1.94. The molecule has 15 heavy (non-hydrogen) atoms. The summed E-state index contributed by atoms with van der Waals surface area (Å²) in [5, 5.41) is 11.2. The van der Waals surface area contributed by atoms with Crippen molar-refractivity contribution in [2.75, 3.05) is 6.54 Å². The van der Waals surface area contributed by atoms with Crippen molar-refractivity contribution in [3.05, 3.63) is 24.8 Å². The maximum absolute atomic E-state index is 4.00. The van der Waals surface area contributed by atoms with Gasteiger partial charge in [-0.2, -0.15) is 0 Å². The average molecular weight is 208 g/mol. The van der Waals surface area contributed by atoms with Crippen molar-refractivity contribution in [2.24, 2.45) is 7.05 Å². The Hall–Kier alpha value is -1.16. The predicted molar refractivity (Wildman–Crippen MR) is 61.4 cm³/mol. The molecular formula is C11H20N4. The summed E-state index contributed by atoms with van der Waals surface area (Å²) in [5.41, 5.74) is 0. The summed E-state index contributed by atoms with van der Waals surface area (Å²) in [5.74, 6) is 0.987. The standard InChI is InChI=1S/C11H20N4/c1-3-4-5-6-7-8-12-9-11-14-13-10-15(11)2/h3,10,12H,1,4-9H2,2H3. The Balaban J connectivity index is 1.98. The molecular weight excluding hydrogens is 188 g/mol. The van der Waals surface area contributed by atoms with E-state index in [1.165, 1.54) is 19.3 Å². The molecule has 0 aliphatic heterocycles. The highest BCUT2D eigenvalue weighted by molar-refractivity contribution is 4.82. The highest BCUT2D eigenvalue weighted by Crippen LogP contribution is 1.99. The molecule has 0 spiro atoms. The Kier molecular flexibility index (Phi) is 5.70. The number of nitrogens with one attached hydrogen (secondary N) is 1. The summed E-state index contributed by atoms with van der Waals surface area (Å²) in [7, 11) is 1.96. The molecule has 0 fully saturated rings. The third-order valence-electron chi connectivity index (χ3n) is 2.35. The third kappa shape index (κ3) is 4.74. The summed E-state index contributed by atoms with van der Waals surface area (Å²) in [6, 6.07) is 0. The first kappa shape index (κ1) is 11.9. The normalized spacial score (nSPS) is 10.5. The molecule has 1 aromatic heterocycles. The second-order valence-corrected chi connectivity index (χ2v) is 3.67. The lowest BCUT2D eigenvalue weighted by molar-refractivity contribution is 0.584. The van der Waals surface area contributed by atoms with E-state index in [9.17, 15) is 0 Å². The Morgan fingerprint density at radius 3 is 3.00 bits per heavy atom. The molecule has 4 heteroatoms. The largest absolute Gasteiger partial charge is 0.320 e. The molecule has 4 nitrogen and oxygen atoms in total. The van der Waals surface area contributed by atoms with Crippen molar-refractivity contribution in [1.82, 2.24) is 20.1 Å². The Morgan fingerprint density at radius 2 is 2.33 bits per heavy atom. The molecule has 0 amide bonds. The minimum atomic E-state index is 0.804. The van der Waals surface area contributed by atoms with Gasteiger partial charge in [0.25, 0.3) is 0 Å². The number of unbranched alkanes of at least 4 members (excludes halogenated alkanes) is 3. The Labute approximate surface area is 91.4 Å². The fraction of sp³-hybridized carbons (Fsp3) is 0.636. The lowest BCUT2D eigenvalue weighted by Crippen LogP contribution is -2.17. The van der Waals surface area contributed by atoms with Crippen molar-refractivity contribution >= 4 is 0 Å². The van der Waals surface area contributed by atoms with Crippen molar-refractivity contribution in [1.29, 1.82) is 0 Å². The lowest BCUT2D eigenvalue weighted by Gasteiger charge is -2.03. The molecule has 0 radical (unpaired) electrons. The van der Waals surface area contributed by atoms with Crippen LogP contribution in [0, 0.1) is 0 Å². The second kappa shape index (κ2) is 7.17. The van der Waals surface area contributed by atoms with Crippen LogP contribution in [-0.4, -0.2) is 21.3 Å². The van der Waals surface area contributed by atoms with Gasteiger partial charge in [0.15, 0.2) is 0 Å². The first-order valence-electron chi connectivity index (χ1n) is 5.49. The first-order valence-corrected chi connectivity index (χ1v) is 5.49. The zero-order valence-corrected chi connectivity index (χ0v) is 9.45. The van der Waals surface area contributed by atoms with Crippen molar-refractivity contribution in [3.63, 3.8) is 0 Å². The van der Waals surface area contributed by atoms with E-state index >= 15 is 0 Å². The number of nitrogens with zero attached hydrogens (tertiary/aromatic N) is 3. The fourth-order valence-corrected chi connectivity index (χ4v) is 1.38. The number of aromatic nitrogens is 3. The van der Waals surface area contributed by atoms with E-state index in [4.69, 9.17) is 0 Å². The molecule has 0 saturated heterocycles. The van der Waals surface area contributed by atoms with Crippen LogP contribution in [-0.2, 0) is 13.6 Å². The van der Waals surface area contributed by atoms with E-state index in [1.54, 1.807) is 6.33 Å². The van der Waals surface area contributed by atoms with Gasteiger partial charge >= 0.3 is 0 Å². The van der Waals surface area contributed by atoms with Gasteiger partial charge in [-0.15, -0.1) is 16.8 Å². The quantitative estimate of drug-likeness (QED) is 0.522. The number of allylic oxidation sites excluding steroid dienone is 1.